The summed E-state index contributed by atoms with van der Waals surface area (Å²) in [6.07, 6.45) is 1.04. The molecule has 1 rings (SSSR count). The summed E-state index contributed by atoms with van der Waals surface area (Å²) >= 11 is 2.15. The molecule has 1 aromatic rings. The van der Waals surface area contributed by atoms with E-state index in [0.29, 0.717) is 0 Å². The predicted octanol–water partition coefficient (Wildman–Crippen LogP) is 2.18. The van der Waals surface area contributed by atoms with Crippen LogP contribution in [0.25, 0.3) is 0 Å². The lowest BCUT2D eigenvalue weighted by Gasteiger charge is -2.02. The zero-order valence-corrected chi connectivity index (χ0v) is 9.17. The largest absolute Gasteiger partial charge is 0.497 e. The quantitative estimate of drug-likeness (QED) is 0.672. The van der Waals surface area contributed by atoms with E-state index in [1.54, 1.807) is 7.11 Å². The lowest BCUT2D eigenvalue weighted by molar-refractivity contribution is 0.414. The van der Waals surface area contributed by atoms with Gasteiger partial charge in [0.15, 0.2) is 0 Å². The Morgan fingerprint density at radius 2 is 2.33 bits per heavy atom. The van der Waals surface area contributed by atoms with Crippen molar-refractivity contribution in [3.8, 4) is 5.75 Å². The Labute approximate surface area is 86.8 Å². The number of rotatable bonds is 4. The van der Waals surface area contributed by atoms with Crippen molar-refractivity contribution >= 4 is 22.9 Å². The van der Waals surface area contributed by atoms with Gasteiger partial charge in [0.2, 0.25) is 0 Å². The molecule has 12 heavy (non-hydrogen) atoms. The molecule has 0 aliphatic carbocycles. The SMILES string of the molecule is COc1cccc(CCNI)c1. The zero-order valence-electron chi connectivity index (χ0n) is 7.01. The van der Waals surface area contributed by atoms with E-state index >= 15 is 0 Å². The first-order chi connectivity index (χ1) is 5.86. The molecule has 3 heteroatoms. The van der Waals surface area contributed by atoms with Gasteiger partial charge >= 0.3 is 0 Å². The fraction of sp³-hybridized carbons (Fsp3) is 0.333. The third-order valence-corrected chi connectivity index (χ3v) is 2.18. The van der Waals surface area contributed by atoms with Crippen LogP contribution >= 0.6 is 22.9 Å². The lowest BCUT2D eigenvalue weighted by atomic mass is 10.1. The van der Waals surface area contributed by atoms with E-state index in [1.165, 1.54) is 5.56 Å². The van der Waals surface area contributed by atoms with Gasteiger partial charge < -0.3 is 4.74 Å². The molecule has 0 fully saturated rings. The van der Waals surface area contributed by atoms with Gasteiger partial charge in [0.25, 0.3) is 0 Å². The normalized spacial score (nSPS) is 9.83. The Balaban J connectivity index is 2.60. The minimum absolute atomic E-state index is 0.931. The summed E-state index contributed by atoms with van der Waals surface area (Å²) in [5, 5.41) is 0. The lowest BCUT2D eigenvalue weighted by Crippen LogP contribution is -2.03. The van der Waals surface area contributed by atoms with Gasteiger partial charge in [0.05, 0.1) is 7.11 Å². The van der Waals surface area contributed by atoms with Crippen molar-refractivity contribution in [1.29, 1.82) is 0 Å². The molecule has 0 aliphatic heterocycles. The van der Waals surface area contributed by atoms with Gasteiger partial charge in [-0.1, -0.05) is 12.1 Å². The molecule has 66 valence electrons. The summed E-state index contributed by atoms with van der Waals surface area (Å²) in [6.45, 7) is 0.994. The predicted molar refractivity (Wildman–Crippen MR) is 58.7 cm³/mol. The number of hydrogen-bond donors (Lipinski definition) is 1. The van der Waals surface area contributed by atoms with Gasteiger partial charge in [-0.25, -0.2) is 0 Å². The second-order valence-corrected chi connectivity index (χ2v) is 3.25. The molecule has 1 N–H and O–H groups in total. The van der Waals surface area contributed by atoms with Crippen molar-refractivity contribution in [2.45, 2.75) is 6.42 Å². The van der Waals surface area contributed by atoms with Crippen molar-refractivity contribution < 1.29 is 4.74 Å². The number of halogens is 1. The highest BCUT2D eigenvalue weighted by molar-refractivity contribution is 14.1. The maximum atomic E-state index is 5.11. The number of ether oxygens (including phenoxy) is 1. The first-order valence-electron chi connectivity index (χ1n) is 3.83. The van der Waals surface area contributed by atoms with Crippen LogP contribution in [0.15, 0.2) is 24.3 Å². The van der Waals surface area contributed by atoms with E-state index in [9.17, 15) is 0 Å². The van der Waals surface area contributed by atoms with Crippen molar-refractivity contribution in [2.24, 2.45) is 0 Å². The summed E-state index contributed by atoms with van der Waals surface area (Å²) in [6, 6.07) is 8.15. The molecule has 0 radical (unpaired) electrons. The van der Waals surface area contributed by atoms with Crippen LogP contribution in [-0.2, 0) is 6.42 Å². The average molecular weight is 277 g/mol. The standard InChI is InChI=1S/C9H12INO/c1-12-9-4-2-3-8(7-9)5-6-11-10/h2-4,7,11H,5-6H2,1H3. The second kappa shape index (κ2) is 5.37. The van der Waals surface area contributed by atoms with Gasteiger partial charge in [-0.2, -0.15) is 0 Å². The first kappa shape index (κ1) is 9.80. The molecule has 0 aliphatic rings. The van der Waals surface area contributed by atoms with Crippen molar-refractivity contribution in [2.75, 3.05) is 13.7 Å². The Hall–Kier alpha value is -0.290. The van der Waals surface area contributed by atoms with Crippen molar-refractivity contribution in [1.82, 2.24) is 3.53 Å². The van der Waals surface area contributed by atoms with E-state index in [2.05, 4.69) is 38.5 Å². The smallest absolute Gasteiger partial charge is 0.119 e. The van der Waals surface area contributed by atoms with Gasteiger partial charge in [-0.3, -0.25) is 3.53 Å². The molecule has 0 bridgehead atoms. The average Bonchev–Trinajstić information content (AvgIpc) is 2.15. The summed E-state index contributed by atoms with van der Waals surface area (Å²) in [5.41, 5.74) is 1.30. The fourth-order valence-corrected chi connectivity index (χ4v) is 1.29. The Kier molecular flexibility index (Phi) is 4.39. The number of nitrogens with one attached hydrogen (secondary N) is 1. The number of hydrogen-bond acceptors (Lipinski definition) is 2. The molecule has 0 amide bonds. The minimum atomic E-state index is 0.931. The van der Waals surface area contributed by atoms with Gasteiger partial charge in [-0.05, 0) is 24.1 Å². The Morgan fingerprint density at radius 1 is 1.50 bits per heavy atom. The first-order valence-corrected chi connectivity index (χ1v) is 4.91. The van der Waals surface area contributed by atoms with E-state index in [4.69, 9.17) is 4.74 Å². The van der Waals surface area contributed by atoms with Gasteiger partial charge in [0, 0.05) is 29.4 Å². The van der Waals surface area contributed by atoms with Gasteiger partial charge in [-0.15, -0.1) is 0 Å². The molecule has 0 spiro atoms. The molecule has 0 saturated carbocycles. The Morgan fingerprint density at radius 3 is 3.00 bits per heavy atom. The monoisotopic (exact) mass is 277 g/mol. The van der Waals surface area contributed by atoms with E-state index in [0.717, 1.165) is 18.7 Å². The fourth-order valence-electron chi connectivity index (χ4n) is 1.02. The molecule has 0 aromatic heterocycles. The highest BCUT2D eigenvalue weighted by atomic mass is 127. The maximum Gasteiger partial charge on any atom is 0.119 e. The topological polar surface area (TPSA) is 21.3 Å². The highest BCUT2D eigenvalue weighted by Crippen LogP contribution is 2.12. The minimum Gasteiger partial charge on any atom is -0.497 e. The molecule has 2 nitrogen and oxygen atoms in total. The molecular weight excluding hydrogens is 265 g/mol. The van der Waals surface area contributed by atoms with Crippen LogP contribution in [0.3, 0.4) is 0 Å². The molecular formula is C9H12INO. The summed E-state index contributed by atoms with van der Waals surface area (Å²) < 4.78 is 8.20. The van der Waals surface area contributed by atoms with Crippen molar-refractivity contribution in [3.63, 3.8) is 0 Å². The third-order valence-electron chi connectivity index (χ3n) is 1.64. The van der Waals surface area contributed by atoms with Crippen LogP contribution in [0.4, 0.5) is 0 Å². The number of methoxy groups -OCH3 is 1. The van der Waals surface area contributed by atoms with Gasteiger partial charge in [0.1, 0.15) is 5.75 Å². The number of benzene rings is 1. The third kappa shape index (κ3) is 2.98. The molecule has 0 atom stereocenters. The molecule has 1 aromatic carbocycles. The second-order valence-electron chi connectivity index (χ2n) is 2.49. The highest BCUT2D eigenvalue weighted by Gasteiger charge is 1.94. The van der Waals surface area contributed by atoms with Crippen LogP contribution < -0.4 is 8.27 Å². The van der Waals surface area contributed by atoms with E-state index < -0.39 is 0 Å². The van der Waals surface area contributed by atoms with E-state index in [-0.39, 0.29) is 0 Å². The summed E-state index contributed by atoms with van der Waals surface area (Å²) in [7, 11) is 1.69. The maximum absolute atomic E-state index is 5.11. The zero-order chi connectivity index (χ0) is 8.81. The van der Waals surface area contributed by atoms with Crippen LogP contribution in [0.2, 0.25) is 0 Å². The van der Waals surface area contributed by atoms with Crippen LogP contribution in [-0.4, -0.2) is 13.7 Å². The Bertz CT molecular complexity index is 240. The summed E-state index contributed by atoms with van der Waals surface area (Å²) in [4.78, 5) is 0. The molecule has 0 saturated heterocycles. The summed E-state index contributed by atoms with van der Waals surface area (Å²) in [5.74, 6) is 0.931. The van der Waals surface area contributed by atoms with Crippen LogP contribution in [0.5, 0.6) is 5.75 Å². The molecule has 0 unspecified atom stereocenters. The van der Waals surface area contributed by atoms with Crippen LogP contribution in [0, 0.1) is 0 Å². The van der Waals surface area contributed by atoms with E-state index in [1.807, 2.05) is 12.1 Å². The van der Waals surface area contributed by atoms with Crippen molar-refractivity contribution in [3.05, 3.63) is 29.8 Å². The van der Waals surface area contributed by atoms with Crippen LogP contribution in [0.1, 0.15) is 5.56 Å². The molecule has 0 heterocycles.